The van der Waals surface area contributed by atoms with Crippen molar-refractivity contribution in [1.29, 1.82) is 0 Å². The molecule has 4 aromatic rings. The van der Waals surface area contributed by atoms with Crippen molar-refractivity contribution in [3.05, 3.63) is 107 Å². The maximum atomic E-state index is 12.8. The van der Waals surface area contributed by atoms with Gasteiger partial charge in [-0.1, -0.05) is 60.1 Å². The fourth-order valence-corrected chi connectivity index (χ4v) is 4.19. The quantitative estimate of drug-likeness (QED) is 0.246. The summed E-state index contributed by atoms with van der Waals surface area (Å²) in [4.78, 5) is 12.2. The van der Waals surface area contributed by atoms with Gasteiger partial charge >= 0.3 is 10.1 Å². The topological polar surface area (TPSA) is 84.8 Å². The molecular formula is C24H17ClN2O4S. The highest BCUT2D eigenvalue weighted by molar-refractivity contribution is 7.87. The van der Waals surface area contributed by atoms with Crippen molar-refractivity contribution in [2.75, 3.05) is 0 Å². The zero-order valence-electron chi connectivity index (χ0n) is 16.6. The molecule has 0 aromatic heterocycles. The highest BCUT2D eigenvalue weighted by Crippen LogP contribution is 2.24. The summed E-state index contributed by atoms with van der Waals surface area (Å²) in [5.41, 5.74) is 3.11. The second kappa shape index (κ2) is 9.21. The molecule has 4 aromatic carbocycles. The summed E-state index contributed by atoms with van der Waals surface area (Å²) >= 11 is 5.89. The van der Waals surface area contributed by atoms with Crippen LogP contribution in [0, 0.1) is 0 Å². The molecule has 1 amide bonds. The molecule has 0 spiro atoms. The number of nitrogens with one attached hydrogen (secondary N) is 1. The number of carbonyl (C=O) groups is 1. The first-order valence-corrected chi connectivity index (χ1v) is 11.3. The molecule has 4 rings (SSSR count). The van der Waals surface area contributed by atoms with E-state index >= 15 is 0 Å². The second-order valence-corrected chi connectivity index (χ2v) is 8.78. The van der Waals surface area contributed by atoms with Crippen molar-refractivity contribution in [2.45, 2.75) is 4.90 Å². The Balaban J connectivity index is 1.53. The van der Waals surface area contributed by atoms with Crippen LogP contribution in [0.2, 0.25) is 5.02 Å². The van der Waals surface area contributed by atoms with Crippen LogP contribution in [0.5, 0.6) is 5.75 Å². The lowest BCUT2D eigenvalue weighted by Gasteiger charge is -2.10. The maximum absolute atomic E-state index is 12.8. The van der Waals surface area contributed by atoms with Crippen molar-refractivity contribution < 1.29 is 17.4 Å². The normalized spacial score (nSPS) is 11.5. The summed E-state index contributed by atoms with van der Waals surface area (Å²) in [6.45, 7) is 0. The van der Waals surface area contributed by atoms with E-state index < -0.39 is 16.0 Å². The lowest BCUT2D eigenvalue weighted by Crippen LogP contribution is -2.17. The SMILES string of the molecule is O=C(N/N=C\c1ccccc1OS(=O)(=O)c1ccc2ccccc2c1)c1cccc(Cl)c1. The molecule has 0 bridgehead atoms. The number of amides is 1. The van der Waals surface area contributed by atoms with Crippen LogP contribution in [0.3, 0.4) is 0 Å². The Morgan fingerprint density at radius 3 is 2.44 bits per heavy atom. The standard InChI is InChI=1S/C24H17ClN2O4S/c25-21-10-5-9-19(14-21)24(28)27-26-16-20-8-3-4-11-23(20)31-32(29,30)22-13-12-17-6-1-2-7-18(17)15-22/h1-16H,(H,27,28)/b26-16-. The molecule has 0 saturated heterocycles. The van der Waals surface area contributed by atoms with E-state index in [4.69, 9.17) is 15.8 Å². The summed E-state index contributed by atoms with van der Waals surface area (Å²) < 4.78 is 31.1. The molecular weight excluding hydrogens is 448 g/mol. The van der Waals surface area contributed by atoms with E-state index in [2.05, 4.69) is 10.5 Å². The number of rotatable bonds is 6. The van der Waals surface area contributed by atoms with Gasteiger partial charge in [0.25, 0.3) is 5.91 Å². The Labute approximate surface area is 190 Å². The third-order valence-corrected chi connectivity index (χ3v) is 6.05. The molecule has 0 radical (unpaired) electrons. The minimum atomic E-state index is -4.08. The van der Waals surface area contributed by atoms with Gasteiger partial charge in [-0.25, -0.2) is 5.43 Å². The number of nitrogens with zero attached hydrogens (tertiary/aromatic N) is 1. The number of halogens is 1. The molecule has 160 valence electrons. The number of benzene rings is 4. The van der Waals surface area contributed by atoms with Gasteiger partial charge in [0.15, 0.2) is 5.75 Å². The van der Waals surface area contributed by atoms with Crippen LogP contribution >= 0.6 is 11.6 Å². The number of hydrazone groups is 1. The lowest BCUT2D eigenvalue weighted by atomic mass is 10.1. The van der Waals surface area contributed by atoms with Crippen LogP contribution < -0.4 is 9.61 Å². The van der Waals surface area contributed by atoms with Crippen LogP contribution in [0.1, 0.15) is 15.9 Å². The van der Waals surface area contributed by atoms with E-state index in [1.54, 1.807) is 48.5 Å². The number of hydrogen-bond acceptors (Lipinski definition) is 5. The minimum absolute atomic E-state index is 0.0391. The number of carbonyl (C=O) groups excluding carboxylic acids is 1. The van der Waals surface area contributed by atoms with Crippen molar-refractivity contribution >= 4 is 44.6 Å². The summed E-state index contributed by atoms with van der Waals surface area (Å²) in [5, 5.41) is 6.05. The van der Waals surface area contributed by atoms with Crippen LogP contribution in [-0.2, 0) is 10.1 Å². The van der Waals surface area contributed by atoms with Gasteiger partial charge in [0.2, 0.25) is 0 Å². The molecule has 1 N–H and O–H groups in total. The lowest BCUT2D eigenvalue weighted by molar-refractivity contribution is 0.0955. The summed E-state index contributed by atoms with van der Waals surface area (Å²) in [5.74, 6) is -0.368. The molecule has 32 heavy (non-hydrogen) atoms. The van der Waals surface area contributed by atoms with E-state index in [1.165, 1.54) is 24.4 Å². The highest BCUT2D eigenvalue weighted by atomic mass is 35.5. The van der Waals surface area contributed by atoms with Crippen molar-refractivity contribution in [1.82, 2.24) is 5.43 Å². The molecule has 0 atom stereocenters. The average molecular weight is 465 g/mol. The van der Waals surface area contributed by atoms with Crippen LogP contribution in [0.15, 0.2) is 101 Å². The van der Waals surface area contributed by atoms with E-state index in [0.717, 1.165) is 10.8 Å². The van der Waals surface area contributed by atoms with E-state index in [9.17, 15) is 13.2 Å². The predicted octanol–water partition coefficient (Wildman–Crippen LogP) is 5.02. The smallest absolute Gasteiger partial charge is 0.339 e. The first kappa shape index (κ1) is 21.5. The molecule has 0 heterocycles. The van der Waals surface area contributed by atoms with Crippen molar-refractivity contribution in [3.8, 4) is 5.75 Å². The first-order chi connectivity index (χ1) is 15.4. The van der Waals surface area contributed by atoms with E-state index in [-0.39, 0.29) is 10.6 Å². The molecule has 0 fully saturated rings. The largest absolute Gasteiger partial charge is 0.378 e. The van der Waals surface area contributed by atoms with Crippen molar-refractivity contribution in [2.24, 2.45) is 5.10 Å². The summed E-state index contributed by atoms with van der Waals surface area (Å²) in [7, 11) is -4.08. The van der Waals surface area contributed by atoms with Crippen molar-refractivity contribution in [3.63, 3.8) is 0 Å². The number of para-hydroxylation sites is 1. The summed E-state index contributed by atoms with van der Waals surface area (Å²) in [6.07, 6.45) is 1.31. The fourth-order valence-electron chi connectivity index (χ4n) is 3.01. The molecule has 0 aliphatic heterocycles. The predicted molar refractivity (Wildman–Crippen MR) is 125 cm³/mol. The van der Waals surface area contributed by atoms with Gasteiger partial charge in [-0.3, -0.25) is 4.79 Å². The van der Waals surface area contributed by atoms with Crippen LogP contribution in [-0.4, -0.2) is 20.5 Å². The van der Waals surface area contributed by atoms with Gasteiger partial charge in [0.1, 0.15) is 4.90 Å². The molecule has 0 aliphatic rings. The van der Waals surface area contributed by atoms with Gasteiger partial charge in [-0.05, 0) is 53.2 Å². The van der Waals surface area contributed by atoms with Crippen LogP contribution in [0.25, 0.3) is 10.8 Å². The number of fused-ring (bicyclic) bond motifs is 1. The van der Waals surface area contributed by atoms with Crippen LogP contribution in [0.4, 0.5) is 0 Å². The zero-order valence-corrected chi connectivity index (χ0v) is 18.2. The number of hydrogen-bond donors (Lipinski definition) is 1. The molecule has 8 heteroatoms. The Morgan fingerprint density at radius 1 is 0.875 bits per heavy atom. The minimum Gasteiger partial charge on any atom is -0.378 e. The van der Waals surface area contributed by atoms with Gasteiger partial charge in [0.05, 0.1) is 6.21 Å². The first-order valence-electron chi connectivity index (χ1n) is 9.54. The summed E-state index contributed by atoms with van der Waals surface area (Å²) in [6, 6.07) is 25.2. The Kier molecular flexibility index (Phi) is 6.20. The molecule has 0 unspecified atom stereocenters. The van der Waals surface area contributed by atoms with Gasteiger partial charge in [0, 0.05) is 16.1 Å². The third kappa shape index (κ3) is 4.96. The Morgan fingerprint density at radius 2 is 1.62 bits per heavy atom. The highest BCUT2D eigenvalue weighted by Gasteiger charge is 2.18. The van der Waals surface area contributed by atoms with Gasteiger partial charge < -0.3 is 4.18 Å². The van der Waals surface area contributed by atoms with E-state index in [1.807, 2.05) is 24.3 Å². The second-order valence-electron chi connectivity index (χ2n) is 6.79. The Hall–Kier alpha value is -3.68. The third-order valence-electron chi connectivity index (χ3n) is 4.58. The Bertz CT molecular complexity index is 1430. The van der Waals surface area contributed by atoms with Gasteiger partial charge in [-0.15, -0.1) is 0 Å². The maximum Gasteiger partial charge on any atom is 0.339 e. The molecule has 0 aliphatic carbocycles. The monoisotopic (exact) mass is 464 g/mol. The zero-order chi connectivity index (χ0) is 22.6. The average Bonchev–Trinajstić information content (AvgIpc) is 2.79. The van der Waals surface area contributed by atoms with E-state index in [0.29, 0.717) is 16.1 Å². The molecule has 6 nitrogen and oxygen atoms in total. The molecule has 0 saturated carbocycles. The van der Waals surface area contributed by atoms with Gasteiger partial charge in [-0.2, -0.15) is 13.5 Å². The fraction of sp³-hybridized carbons (Fsp3) is 0.